The summed E-state index contributed by atoms with van der Waals surface area (Å²) in [5, 5.41) is 0. The molecule has 140 valence electrons. The Morgan fingerprint density at radius 2 is 1.85 bits per heavy atom. The summed E-state index contributed by atoms with van der Waals surface area (Å²) in [5.74, 6) is 0.667. The number of nitrogens with zero attached hydrogens (tertiary/aromatic N) is 1. The zero-order valence-electron chi connectivity index (χ0n) is 14.7. The minimum atomic E-state index is -0.244. The van der Waals surface area contributed by atoms with Gasteiger partial charge in [-0.15, -0.1) is 24.2 Å². The molecule has 0 spiro atoms. The SMILES string of the molecule is CC(CSc1ccc(F)cc1)C(=O)N1C[C@@H](N)[C@H](c2ccccc2)C1.Cl. The number of nitrogens with two attached hydrogens (primary N) is 1. The smallest absolute Gasteiger partial charge is 0.226 e. The first-order valence-electron chi connectivity index (χ1n) is 8.52. The molecule has 2 aromatic carbocycles. The van der Waals surface area contributed by atoms with Gasteiger partial charge in [-0.2, -0.15) is 0 Å². The van der Waals surface area contributed by atoms with Gasteiger partial charge in [0.15, 0.2) is 0 Å². The molecule has 1 aliphatic rings. The van der Waals surface area contributed by atoms with Crippen molar-refractivity contribution in [2.75, 3.05) is 18.8 Å². The zero-order valence-corrected chi connectivity index (χ0v) is 16.3. The van der Waals surface area contributed by atoms with Crippen LogP contribution in [0.15, 0.2) is 59.5 Å². The van der Waals surface area contributed by atoms with Crippen molar-refractivity contribution in [3.05, 3.63) is 66.0 Å². The van der Waals surface area contributed by atoms with Gasteiger partial charge in [0.2, 0.25) is 5.91 Å². The van der Waals surface area contributed by atoms with Crippen molar-refractivity contribution in [1.29, 1.82) is 0 Å². The summed E-state index contributed by atoms with van der Waals surface area (Å²) in [7, 11) is 0. The molecule has 1 heterocycles. The van der Waals surface area contributed by atoms with Crippen molar-refractivity contribution in [1.82, 2.24) is 4.90 Å². The lowest BCUT2D eigenvalue weighted by Crippen LogP contribution is -2.36. The van der Waals surface area contributed by atoms with Crippen LogP contribution in [-0.2, 0) is 4.79 Å². The lowest BCUT2D eigenvalue weighted by Gasteiger charge is -2.21. The first kappa shape index (κ1) is 20.7. The number of hydrogen-bond donors (Lipinski definition) is 1. The second-order valence-electron chi connectivity index (χ2n) is 6.59. The predicted octanol–water partition coefficient (Wildman–Crippen LogP) is 3.93. The van der Waals surface area contributed by atoms with Crippen LogP contribution in [0.3, 0.4) is 0 Å². The first-order chi connectivity index (χ1) is 12.0. The highest BCUT2D eigenvalue weighted by Crippen LogP contribution is 2.28. The molecule has 3 rings (SSSR count). The van der Waals surface area contributed by atoms with Crippen molar-refractivity contribution >= 4 is 30.1 Å². The molecule has 2 N–H and O–H groups in total. The van der Waals surface area contributed by atoms with Crippen LogP contribution in [0.2, 0.25) is 0 Å². The average molecular weight is 395 g/mol. The third kappa shape index (κ3) is 5.00. The van der Waals surface area contributed by atoms with Gasteiger partial charge in [0, 0.05) is 41.6 Å². The lowest BCUT2D eigenvalue weighted by molar-refractivity contribution is -0.133. The molecular formula is C20H24ClFN2OS. The second-order valence-corrected chi connectivity index (χ2v) is 7.68. The van der Waals surface area contributed by atoms with Crippen LogP contribution in [0, 0.1) is 11.7 Å². The summed E-state index contributed by atoms with van der Waals surface area (Å²) < 4.78 is 12.9. The van der Waals surface area contributed by atoms with Gasteiger partial charge < -0.3 is 10.6 Å². The maximum atomic E-state index is 12.9. The van der Waals surface area contributed by atoms with E-state index in [4.69, 9.17) is 5.73 Å². The number of rotatable bonds is 5. The number of carbonyl (C=O) groups excluding carboxylic acids is 1. The summed E-state index contributed by atoms with van der Waals surface area (Å²) >= 11 is 1.58. The van der Waals surface area contributed by atoms with E-state index in [-0.39, 0.29) is 42.0 Å². The van der Waals surface area contributed by atoms with Crippen LogP contribution in [-0.4, -0.2) is 35.7 Å². The molecule has 6 heteroatoms. The molecule has 0 bridgehead atoms. The molecule has 2 aromatic rings. The number of carbonyl (C=O) groups is 1. The van der Waals surface area contributed by atoms with Gasteiger partial charge in [0.1, 0.15) is 5.82 Å². The van der Waals surface area contributed by atoms with Crippen molar-refractivity contribution in [2.24, 2.45) is 11.7 Å². The highest BCUT2D eigenvalue weighted by atomic mass is 35.5. The normalized spacial score (nSPS) is 20.5. The van der Waals surface area contributed by atoms with Crippen molar-refractivity contribution < 1.29 is 9.18 Å². The van der Waals surface area contributed by atoms with E-state index in [9.17, 15) is 9.18 Å². The number of benzene rings is 2. The Morgan fingerprint density at radius 3 is 2.50 bits per heavy atom. The van der Waals surface area contributed by atoms with E-state index < -0.39 is 0 Å². The quantitative estimate of drug-likeness (QED) is 0.781. The maximum absolute atomic E-state index is 12.9. The van der Waals surface area contributed by atoms with Gasteiger partial charge in [-0.05, 0) is 29.8 Å². The highest BCUT2D eigenvalue weighted by Gasteiger charge is 2.35. The van der Waals surface area contributed by atoms with Crippen LogP contribution < -0.4 is 5.73 Å². The topological polar surface area (TPSA) is 46.3 Å². The predicted molar refractivity (Wildman–Crippen MR) is 107 cm³/mol. The molecule has 3 nitrogen and oxygen atoms in total. The second kappa shape index (κ2) is 9.40. The molecule has 0 radical (unpaired) electrons. The van der Waals surface area contributed by atoms with Crippen LogP contribution >= 0.6 is 24.2 Å². The summed E-state index contributed by atoms with van der Waals surface area (Å²) in [5.41, 5.74) is 7.48. The van der Waals surface area contributed by atoms with Gasteiger partial charge in [-0.1, -0.05) is 37.3 Å². The van der Waals surface area contributed by atoms with E-state index in [1.54, 1.807) is 23.9 Å². The van der Waals surface area contributed by atoms with Crippen LogP contribution in [0.5, 0.6) is 0 Å². The molecule has 0 aliphatic carbocycles. The van der Waals surface area contributed by atoms with Crippen LogP contribution in [0.4, 0.5) is 4.39 Å². The lowest BCUT2D eigenvalue weighted by atomic mass is 9.95. The fourth-order valence-electron chi connectivity index (χ4n) is 3.20. The third-order valence-electron chi connectivity index (χ3n) is 4.64. The molecule has 1 saturated heterocycles. The van der Waals surface area contributed by atoms with Crippen molar-refractivity contribution in [2.45, 2.75) is 23.8 Å². The molecule has 1 aliphatic heterocycles. The highest BCUT2D eigenvalue weighted by molar-refractivity contribution is 7.99. The summed E-state index contributed by atoms with van der Waals surface area (Å²) in [6.45, 7) is 3.22. The third-order valence-corrected chi connectivity index (χ3v) is 5.91. The molecule has 3 atom stereocenters. The Bertz CT molecular complexity index is 714. The largest absolute Gasteiger partial charge is 0.340 e. The number of amides is 1. The summed E-state index contributed by atoms with van der Waals surface area (Å²) in [4.78, 5) is 15.6. The van der Waals surface area contributed by atoms with E-state index in [0.29, 0.717) is 18.8 Å². The van der Waals surface area contributed by atoms with Crippen molar-refractivity contribution in [3.63, 3.8) is 0 Å². The minimum absolute atomic E-state index is 0. The fourth-order valence-corrected chi connectivity index (χ4v) is 4.11. The zero-order chi connectivity index (χ0) is 17.8. The Hall–Kier alpha value is -1.56. The number of hydrogen-bond acceptors (Lipinski definition) is 3. The Kier molecular flexibility index (Phi) is 7.50. The average Bonchev–Trinajstić information content (AvgIpc) is 3.03. The van der Waals surface area contributed by atoms with Crippen molar-refractivity contribution in [3.8, 4) is 0 Å². The van der Waals surface area contributed by atoms with Gasteiger partial charge >= 0.3 is 0 Å². The van der Waals surface area contributed by atoms with E-state index in [1.807, 2.05) is 30.0 Å². The van der Waals surface area contributed by atoms with Gasteiger partial charge in [0.25, 0.3) is 0 Å². The minimum Gasteiger partial charge on any atom is -0.340 e. The van der Waals surface area contributed by atoms with E-state index >= 15 is 0 Å². The summed E-state index contributed by atoms with van der Waals surface area (Å²) in [6.07, 6.45) is 0. The molecule has 1 amide bonds. The fraction of sp³-hybridized carbons (Fsp3) is 0.350. The monoisotopic (exact) mass is 394 g/mol. The Morgan fingerprint density at radius 1 is 1.19 bits per heavy atom. The van der Waals surface area contributed by atoms with Gasteiger partial charge in [0.05, 0.1) is 0 Å². The molecular weight excluding hydrogens is 371 g/mol. The standard InChI is InChI=1S/C20H23FN2OS.ClH/c1-14(13-25-17-9-7-16(21)8-10-17)20(24)23-11-18(19(22)12-23)15-5-3-2-4-6-15;/h2-10,14,18-19H,11-13,22H2,1H3;1H/t14?,18-,19+;/m0./s1. The van der Waals surface area contributed by atoms with E-state index in [1.165, 1.54) is 17.7 Å². The first-order valence-corrected chi connectivity index (χ1v) is 9.51. The Labute approximate surface area is 164 Å². The maximum Gasteiger partial charge on any atom is 0.226 e. The number of likely N-dealkylation sites (tertiary alicyclic amines) is 1. The molecule has 1 fully saturated rings. The van der Waals surface area contributed by atoms with Crippen LogP contribution in [0.25, 0.3) is 0 Å². The number of thioether (sulfide) groups is 1. The molecule has 0 saturated carbocycles. The summed E-state index contributed by atoms with van der Waals surface area (Å²) in [6, 6.07) is 16.5. The van der Waals surface area contributed by atoms with E-state index in [0.717, 1.165) is 4.90 Å². The van der Waals surface area contributed by atoms with Crippen LogP contribution in [0.1, 0.15) is 18.4 Å². The van der Waals surface area contributed by atoms with Gasteiger partial charge in [-0.3, -0.25) is 4.79 Å². The number of halogens is 2. The molecule has 1 unspecified atom stereocenters. The van der Waals surface area contributed by atoms with Gasteiger partial charge in [-0.25, -0.2) is 4.39 Å². The molecule has 0 aromatic heterocycles. The van der Waals surface area contributed by atoms with E-state index in [2.05, 4.69) is 12.1 Å². The Balaban J connectivity index is 0.00000243. The molecule has 26 heavy (non-hydrogen) atoms.